The van der Waals surface area contributed by atoms with Crippen LogP contribution in [0.1, 0.15) is 5.56 Å². The fourth-order valence-electron chi connectivity index (χ4n) is 2.06. The molecule has 0 radical (unpaired) electrons. The SMILES string of the molecule is CN(C)CC1CSc2ccc(Br)cc2C1.Cl. The summed E-state index contributed by atoms with van der Waals surface area (Å²) in [7, 11) is 4.31. The predicted molar refractivity (Wildman–Crippen MR) is 77.9 cm³/mol. The standard InChI is InChI=1S/C12H16BrNS.ClH/c1-14(2)7-9-5-10-6-11(13)3-4-12(10)15-8-9;/h3-4,6,9H,5,7-8H2,1-2H3;1H. The van der Waals surface area contributed by atoms with Gasteiger partial charge in [-0.05, 0) is 50.2 Å². The number of thioether (sulfide) groups is 1. The van der Waals surface area contributed by atoms with E-state index >= 15 is 0 Å². The van der Waals surface area contributed by atoms with E-state index in [1.54, 1.807) is 0 Å². The van der Waals surface area contributed by atoms with E-state index in [0.717, 1.165) is 5.92 Å². The first kappa shape index (κ1) is 14.4. The Morgan fingerprint density at radius 3 is 2.88 bits per heavy atom. The molecule has 1 aliphatic rings. The van der Waals surface area contributed by atoms with Crippen LogP contribution < -0.4 is 0 Å². The van der Waals surface area contributed by atoms with Gasteiger partial charge in [-0.15, -0.1) is 24.2 Å². The highest BCUT2D eigenvalue weighted by Gasteiger charge is 2.19. The average molecular weight is 323 g/mol. The van der Waals surface area contributed by atoms with Crippen molar-refractivity contribution in [1.29, 1.82) is 0 Å². The van der Waals surface area contributed by atoms with Crippen LogP contribution in [0.3, 0.4) is 0 Å². The van der Waals surface area contributed by atoms with Gasteiger partial charge in [-0.3, -0.25) is 0 Å². The average Bonchev–Trinajstić information content (AvgIpc) is 2.16. The summed E-state index contributed by atoms with van der Waals surface area (Å²) >= 11 is 5.54. The second-order valence-corrected chi connectivity index (χ2v) is 6.37. The number of hydrogen-bond donors (Lipinski definition) is 0. The smallest absolute Gasteiger partial charge is 0.0178 e. The third-order valence-electron chi connectivity index (χ3n) is 2.63. The maximum absolute atomic E-state index is 3.54. The van der Waals surface area contributed by atoms with Gasteiger partial charge in [-0.25, -0.2) is 0 Å². The largest absolute Gasteiger partial charge is 0.309 e. The van der Waals surface area contributed by atoms with Crippen molar-refractivity contribution in [2.24, 2.45) is 5.92 Å². The summed E-state index contributed by atoms with van der Waals surface area (Å²) in [5, 5.41) is 0. The Morgan fingerprint density at radius 2 is 2.19 bits per heavy atom. The number of benzene rings is 1. The first-order valence-electron chi connectivity index (χ1n) is 5.21. The second kappa shape index (κ2) is 6.29. The Labute approximate surface area is 117 Å². The van der Waals surface area contributed by atoms with Crippen molar-refractivity contribution >= 4 is 40.1 Å². The fourth-order valence-corrected chi connectivity index (χ4v) is 3.60. The molecule has 0 fully saturated rings. The summed E-state index contributed by atoms with van der Waals surface area (Å²) in [6, 6.07) is 6.64. The molecule has 1 heterocycles. The Morgan fingerprint density at radius 1 is 1.44 bits per heavy atom. The molecule has 0 aliphatic carbocycles. The maximum atomic E-state index is 3.54. The number of rotatable bonds is 2. The lowest BCUT2D eigenvalue weighted by Crippen LogP contribution is -2.26. The van der Waals surface area contributed by atoms with Crippen molar-refractivity contribution in [2.45, 2.75) is 11.3 Å². The highest BCUT2D eigenvalue weighted by molar-refractivity contribution is 9.10. The van der Waals surface area contributed by atoms with E-state index in [9.17, 15) is 0 Å². The van der Waals surface area contributed by atoms with Gasteiger partial charge in [0.05, 0.1) is 0 Å². The summed E-state index contributed by atoms with van der Waals surface area (Å²) in [6.45, 7) is 1.19. The van der Waals surface area contributed by atoms with Gasteiger partial charge in [0.15, 0.2) is 0 Å². The summed E-state index contributed by atoms with van der Waals surface area (Å²) in [5.41, 5.74) is 1.51. The summed E-state index contributed by atoms with van der Waals surface area (Å²) in [6.07, 6.45) is 1.22. The maximum Gasteiger partial charge on any atom is 0.0178 e. The number of hydrogen-bond acceptors (Lipinski definition) is 2. The summed E-state index contributed by atoms with van der Waals surface area (Å²) in [5.74, 6) is 2.05. The molecule has 0 saturated carbocycles. The lowest BCUT2D eigenvalue weighted by molar-refractivity contribution is 0.339. The lowest BCUT2D eigenvalue weighted by atomic mass is 10.00. The minimum Gasteiger partial charge on any atom is -0.309 e. The molecule has 1 aliphatic heterocycles. The normalized spacial score (nSPS) is 19.1. The van der Waals surface area contributed by atoms with Crippen LogP contribution in [0.5, 0.6) is 0 Å². The monoisotopic (exact) mass is 321 g/mol. The van der Waals surface area contributed by atoms with E-state index < -0.39 is 0 Å². The van der Waals surface area contributed by atoms with E-state index in [4.69, 9.17) is 0 Å². The minimum absolute atomic E-state index is 0. The van der Waals surface area contributed by atoms with Gasteiger partial charge in [0.25, 0.3) is 0 Å². The molecule has 4 heteroatoms. The lowest BCUT2D eigenvalue weighted by Gasteiger charge is -2.26. The molecule has 0 amide bonds. The van der Waals surface area contributed by atoms with Crippen molar-refractivity contribution in [3.05, 3.63) is 28.2 Å². The third kappa shape index (κ3) is 3.66. The van der Waals surface area contributed by atoms with E-state index in [-0.39, 0.29) is 12.4 Å². The van der Waals surface area contributed by atoms with Crippen LogP contribution in [0, 0.1) is 5.92 Å². The zero-order chi connectivity index (χ0) is 10.8. The van der Waals surface area contributed by atoms with Crippen molar-refractivity contribution in [2.75, 3.05) is 26.4 Å². The second-order valence-electron chi connectivity index (χ2n) is 4.40. The predicted octanol–water partition coefficient (Wildman–Crippen LogP) is 3.70. The molecule has 0 N–H and O–H groups in total. The quantitative estimate of drug-likeness (QED) is 0.817. The van der Waals surface area contributed by atoms with Crippen LogP contribution in [-0.4, -0.2) is 31.3 Å². The van der Waals surface area contributed by atoms with Crippen LogP contribution >= 0.6 is 40.1 Å². The molecule has 1 aromatic carbocycles. The highest BCUT2D eigenvalue weighted by Crippen LogP contribution is 2.34. The highest BCUT2D eigenvalue weighted by atomic mass is 79.9. The molecule has 1 nitrogen and oxygen atoms in total. The van der Waals surface area contributed by atoms with Gasteiger partial charge in [0.2, 0.25) is 0 Å². The zero-order valence-corrected chi connectivity index (χ0v) is 12.8. The topological polar surface area (TPSA) is 3.24 Å². The Balaban J connectivity index is 0.00000128. The van der Waals surface area contributed by atoms with Crippen molar-refractivity contribution in [3.63, 3.8) is 0 Å². The Hall–Kier alpha value is 0.300. The molecule has 0 spiro atoms. The van der Waals surface area contributed by atoms with Gasteiger partial charge in [-0.2, -0.15) is 0 Å². The molecule has 1 unspecified atom stereocenters. The van der Waals surface area contributed by atoms with Gasteiger partial charge < -0.3 is 4.90 Å². The van der Waals surface area contributed by atoms with E-state index in [1.165, 1.54) is 33.7 Å². The molecule has 0 aromatic heterocycles. The molecular weight excluding hydrogens is 306 g/mol. The van der Waals surface area contributed by atoms with Crippen LogP contribution in [0.25, 0.3) is 0 Å². The molecule has 90 valence electrons. The number of nitrogens with zero attached hydrogens (tertiary/aromatic N) is 1. The minimum atomic E-state index is 0. The van der Waals surface area contributed by atoms with Gasteiger partial charge in [-0.1, -0.05) is 15.9 Å². The van der Waals surface area contributed by atoms with Gasteiger partial charge in [0.1, 0.15) is 0 Å². The third-order valence-corrected chi connectivity index (χ3v) is 4.47. The Kier molecular flexibility index (Phi) is 5.65. The molecule has 16 heavy (non-hydrogen) atoms. The molecular formula is C12H17BrClNS. The zero-order valence-electron chi connectivity index (χ0n) is 9.57. The molecule has 2 rings (SSSR count). The number of fused-ring (bicyclic) bond motifs is 1. The first-order valence-corrected chi connectivity index (χ1v) is 6.99. The van der Waals surface area contributed by atoms with Crippen molar-refractivity contribution < 1.29 is 0 Å². The van der Waals surface area contributed by atoms with Crippen molar-refractivity contribution in [3.8, 4) is 0 Å². The van der Waals surface area contributed by atoms with E-state index in [2.05, 4.69) is 53.1 Å². The molecule has 1 aromatic rings. The Bertz CT molecular complexity index is 357. The molecule has 0 saturated heterocycles. The fraction of sp³-hybridized carbons (Fsp3) is 0.500. The number of halogens is 2. The van der Waals surface area contributed by atoms with Gasteiger partial charge in [0, 0.05) is 21.7 Å². The molecule has 0 bridgehead atoms. The van der Waals surface area contributed by atoms with Crippen LogP contribution in [0.15, 0.2) is 27.6 Å². The van der Waals surface area contributed by atoms with Gasteiger partial charge >= 0.3 is 0 Å². The van der Waals surface area contributed by atoms with Crippen LogP contribution in [-0.2, 0) is 6.42 Å². The van der Waals surface area contributed by atoms with E-state index in [0.29, 0.717) is 0 Å². The molecule has 1 atom stereocenters. The van der Waals surface area contributed by atoms with Crippen LogP contribution in [0.4, 0.5) is 0 Å². The summed E-state index contributed by atoms with van der Waals surface area (Å²) < 4.78 is 1.20. The van der Waals surface area contributed by atoms with E-state index in [1.807, 2.05) is 11.8 Å². The van der Waals surface area contributed by atoms with Crippen LogP contribution in [0.2, 0.25) is 0 Å². The van der Waals surface area contributed by atoms with Crippen molar-refractivity contribution in [1.82, 2.24) is 4.90 Å². The summed E-state index contributed by atoms with van der Waals surface area (Å²) in [4.78, 5) is 3.75. The first-order chi connectivity index (χ1) is 7.15.